The summed E-state index contributed by atoms with van der Waals surface area (Å²) in [5.41, 5.74) is 1.78. The molecule has 106 valence electrons. The maximum absolute atomic E-state index is 10.8. The predicted molar refractivity (Wildman–Crippen MR) is 80.0 cm³/mol. The second kappa shape index (κ2) is 9.61. The summed E-state index contributed by atoms with van der Waals surface area (Å²) >= 11 is 5.83. The summed E-state index contributed by atoms with van der Waals surface area (Å²) in [4.78, 5) is 15.0. The van der Waals surface area contributed by atoms with Gasteiger partial charge in [-0.25, -0.2) is 4.98 Å². The zero-order valence-electron chi connectivity index (χ0n) is 11.4. The van der Waals surface area contributed by atoms with Gasteiger partial charge in [0.25, 0.3) is 0 Å². The summed E-state index contributed by atoms with van der Waals surface area (Å²) in [6.45, 7) is 1.94. The van der Waals surface area contributed by atoms with Gasteiger partial charge in [0.1, 0.15) is 11.4 Å². The van der Waals surface area contributed by atoms with E-state index in [0.29, 0.717) is 11.1 Å². The van der Waals surface area contributed by atoms with E-state index in [1.54, 1.807) is 12.5 Å². The van der Waals surface area contributed by atoms with Crippen molar-refractivity contribution in [1.29, 1.82) is 0 Å². The number of aromatic nitrogens is 1. The van der Waals surface area contributed by atoms with Gasteiger partial charge in [-0.05, 0) is 69.9 Å². The number of halogens is 1. The van der Waals surface area contributed by atoms with E-state index in [4.69, 9.17) is 11.6 Å². The molecule has 3 rings (SSSR count). The van der Waals surface area contributed by atoms with Gasteiger partial charge in [0, 0.05) is 5.92 Å². The fraction of sp³-hybridized carbons (Fsp3) is 0.0588. The number of carbonyl (C=O) groups is 1. The fourth-order valence-electron chi connectivity index (χ4n) is 1.85. The largest absolute Gasteiger partial charge is 2.00 e. The second-order valence-electron chi connectivity index (χ2n) is 4.27. The van der Waals surface area contributed by atoms with E-state index >= 15 is 0 Å². The smallest absolute Gasteiger partial charge is 0.303 e. The van der Waals surface area contributed by atoms with Gasteiger partial charge < -0.3 is 4.79 Å². The van der Waals surface area contributed by atoms with Crippen molar-refractivity contribution in [2.75, 3.05) is 0 Å². The van der Waals surface area contributed by atoms with E-state index in [-0.39, 0.29) is 17.1 Å². The molecule has 0 atom stereocenters. The minimum Gasteiger partial charge on any atom is -0.303 e. The molecule has 2 nitrogen and oxygen atoms in total. The topological polar surface area (TPSA) is 30.0 Å². The quantitative estimate of drug-likeness (QED) is 0.470. The van der Waals surface area contributed by atoms with Crippen LogP contribution in [0, 0.1) is 70.1 Å². The number of aldehydes is 1. The molecule has 1 aromatic heterocycles. The molecule has 10 radical (unpaired) electrons. The number of carbonyl (C=O) groups excluding carboxylic acids is 1. The average molecular weight is 340 g/mol. The van der Waals surface area contributed by atoms with Crippen LogP contribution >= 0.6 is 11.6 Å². The summed E-state index contributed by atoms with van der Waals surface area (Å²) in [7, 11) is 0. The summed E-state index contributed by atoms with van der Waals surface area (Å²) < 4.78 is 0. The first-order chi connectivity index (χ1) is 9.72. The molecule has 2 aliphatic rings. The third kappa shape index (κ3) is 5.39. The van der Waals surface area contributed by atoms with E-state index in [1.165, 1.54) is 0 Å². The van der Waals surface area contributed by atoms with E-state index in [9.17, 15) is 4.79 Å². The maximum Gasteiger partial charge on any atom is 2.00 e. The van der Waals surface area contributed by atoms with Crippen LogP contribution in [0.15, 0.2) is 12.1 Å². The zero-order chi connectivity index (χ0) is 14.4. The van der Waals surface area contributed by atoms with E-state index in [0.717, 1.165) is 23.5 Å². The van der Waals surface area contributed by atoms with Gasteiger partial charge in [-0.15, -0.1) is 0 Å². The maximum atomic E-state index is 10.8. The minimum absolute atomic E-state index is 0. The van der Waals surface area contributed by atoms with Crippen LogP contribution in [0.5, 0.6) is 0 Å². The van der Waals surface area contributed by atoms with Crippen LogP contribution in [0.1, 0.15) is 11.3 Å². The normalized spacial score (nSPS) is 18.8. The van der Waals surface area contributed by atoms with Gasteiger partial charge in [-0.1, -0.05) is 17.7 Å². The molecule has 2 saturated carbocycles. The molecule has 1 heterocycles. The van der Waals surface area contributed by atoms with Gasteiger partial charge in [-0.3, -0.25) is 0 Å². The SMILES string of the molecule is Cc1ccc(Cl)nc1[C]1[CH][CH][CH][C]1C=O.[CH]1[CH][CH][CH][CH]1.[Fe+2]. The van der Waals surface area contributed by atoms with Gasteiger partial charge in [0.2, 0.25) is 0 Å². The van der Waals surface area contributed by atoms with E-state index in [1.807, 2.05) is 57.9 Å². The van der Waals surface area contributed by atoms with Crippen LogP contribution in [0.2, 0.25) is 5.15 Å². The number of nitrogens with zero attached hydrogens (tertiary/aromatic N) is 1. The van der Waals surface area contributed by atoms with Crippen molar-refractivity contribution in [2.24, 2.45) is 0 Å². The first-order valence-electron chi connectivity index (χ1n) is 6.23. The fourth-order valence-corrected chi connectivity index (χ4v) is 2.00. The molecule has 0 aliphatic heterocycles. The van der Waals surface area contributed by atoms with Crippen molar-refractivity contribution in [3.8, 4) is 0 Å². The molecule has 2 aliphatic carbocycles. The Labute approximate surface area is 143 Å². The van der Waals surface area contributed by atoms with Gasteiger partial charge in [0.05, 0.1) is 11.6 Å². The Balaban J connectivity index is 0.000000313. The molecular formula is C17H14ClFeNO+2. The van der Waals surface area contributed by atoms with Crippen molar-refractivity contribution in [1.82, 2.24) is 4.98 Å². The summed E-state index contributed by atoms with van der Waals surface area (Å²) in [6.07, 6.45) is 16.3. The number of hydrogen-bond acceptors (Lipinski definition) is 2. The molecule has 1 aromatic rings. The zero-order valence-corrected chi connectivity index (χ0v) is 13.3. The first kappa shape index (κ1) is 18.7. The molecule has 0 amide bonds. The van der Waals surface area contributed by atoms with Gasteiger partial charge >= 0.3 is 17.1 Å². The molecule has 0 aromatic carbocycles. The van der Waals surface area contributed by atoms with Crippen LogP contribution in [-0.4, -0.2) is 11.3 Å². The molecule has 4 heteroatoms. The number of aryl methyl sites for hydroxylation is 1. The van der Waals surface area contributed by atoms with Crippen LogP contribution < -0.4 is 0 Å². The summed E-state index contributed by atoms with van der Waals surface area (Å²) in [6, 6.07) is 3.64. The molecule has 0 saturated heterocycles. The Morgan fingerprint density at radius 1 is 1.00 bits per heavy atom. The number of rotatable bonds is 2. The Kier molecular flexibility index (Phi) is 8.54. The first-order valence-corrected chi connectivity index (χ1v) is 6.61. The Hall–Kier alpha value is -0.371. The molecular weight excluding hydrogens is 325 g/mol. The third-order valence-corrected chi connectivity index (χ3v) is 3.06. The third-order valence-electron chi connectivity index (χ3n) is 2.85. The van der Waals surface area contributed by atoms with Crippen molar-refractivity contribution >= 4 is 17.9 Å². The summed E-state index contributed by atoms with van der Waals surface area (Å²) in [5.74, 6) is 1.48. The van der Waals surface area contributed by atoms with Crippen LogP contribution in [0.25, 0.3) is 0 Å². The standard InChI is InChI=1S/C12H9ClNO.C5H5.Fe/c1-8-5-6-11(13)14-12(8)10-4-2-3-9(10)7-15;1-2-4-5-3-1;/h2-7H,1H3;1-5H;/q;;+2. The van der Waals surface area contributed by atoms with Crippen molar-refractivity contribution in [3.05, 3.63) is 91.7 Å². The number of pyridine rings is 1. The molecule has 0 N–H and O–H groups in total. The Morgan fingerprint density at radius 2 is 1.62 bits per heavy atom. The minimum atomic E-state index is 0. The van der Waals surface area contributed by atoms with Crippen LogP contribution in [0.4, 0.5) is 0 Å². The predicted octanol–water partition coefficient (Wildman–Crippen LogP) is 3.38. The van der Waals surface area contributed by atoms with Crippen LogP contribution in [0.3, 0.4) is 0 Å². The molecule has 21 heavy (non-hydrogen) atoms. The second-order valence-corrected chi connectivity index (χ2v) is 4.66. The van der Waals surface area contributed by atoms with Crippen molar-refractivity contribution < 1.29 is 21.9 Å². The molecule has 0 bridgehead atoms. The molecule has 0 unspecified atom stereocenters. The van der Waals surface area contributed by atoms with Gasteiger partial charge in [-0.2, -0.15) is 0 Å². The molecule has 2 fully saturated rings. The number of hydrogen-bond donors (Lipinski definition) is 0. The summed E-state index contributed by atoms with van der Waals surface area (Å²) in [5, 5.41) is 0.439. The van der Waals surface area contributed by atoms with Gasteiger partial charge in [0.15, 0.2) is 0 Å². The average Bonchev–Trinajstić information content (AvgIpc) is 3.14. The Bertz CT molecular complexity index is 441. The molecule has 0 spiro atoms. The van der Waals surface area contributed by atoms with Crippen molar-refractivity contribution in [2.45, 2.75) is 6.92 Å². The van der Waals surface area contributed by atoms with E-state index < -0.39 is 0 Å². The monoisotopic (exact) mass is 339 g/mol. The van der Waals surface area contributed by atoms with Crippen LogP contribution in [-0.2, 0) is 21.9 Å². The van der Waals surface area contributed by atoms with Crippen molar-refractivity contribution in [3.63, 3.8) is 0 Å². The van der Waals surface area contributed by atoms with E-state index in [2.05, 4.69) is 4.98 Å². The Morgan fingerprint density at radius 3 is 2.19 bits per heavy atom.